The summed E-state index contributed by atoms with van der Waals surface area (Å²) in [6, 6.07) is 15.6. The first-order valence-corrected chi connectivity index (χ1v) is 6.70. The topological polar surface area (TPSA) is 61.8 Å². The molecule has 5 nitrogen and oxygen atoms in total. The molecule has 0 heterocycles. The third-order valence-electron chi connectivity index (χ3n) is 2.86. The van der Waals surface area contributed by atoms with Gasteiger partial charge in [-0.25, -0.2) is 4.79 Å². The Morgan fingerprint density at radius 1 is 0.909 bits per heavy atom. The maximum atomic E-state index is 11.9. The molecule has 0 radical (unpaired) electrons. The highest BCUT2D eigenvalue weighted by Crippen LogP contribution is 2.13. The standard InChI is InChI=1S/C17H16O5/c1-20-15-9-5-6-13(10-15)16(18)11-22-17(19)12-21-14-7-3-2-4-8-14/h2-10H,11-12H2,1H3. The van der Waals surface area contributed by atoms with Crippen LogP contribution in [0.15, 0.2) is 54.6 Å². The summed E-state index contributed by atoms with van der Waals surface area (Å²) >= 11 is 0. The lowest BCUT2D eigenvalue weighted by Crippen LogP contribution is -2.19. The minimum absolute atomic E-state index is 0.241. The molecule has 0 saturated carbocycles. The van der Waals surface area contributed by atoms with Gasteiger partial charge in [0.1, 0.15) is 11.5 Å². The van der Waals surface area contributed by atoms with Gasteiger partial charge in [0.2, 0.25) is 0 Å². The van der Waals surface area contributed by atoms with Crippen LogP contribution in [0, 0.1) is 0 Å². The predicted octanol–water partition coefficient (Wildman–Crippen LogP) is 2.50. The van der Waals surface area contributed by atoms with Gasteiger partial charge in [-0.15, -0.1) is 0 Å². The smallest absolute Gasteiger partial charge is 0.344 e. The molecule has 0 aliphatic carbocycles. The zero-order valence-corrected chi connectivity index (χ0v) is 12.2. The minimum Gasteiger partial charge on any atom is -0.497 e. The van der Waals surface area contributed by atoms with Crippen LogP contribution in [0.25, 0.3) is 0 Å². The van der Waals surface area contributed by atoms with E-state index in [-0.39, 0.29) is 19.0 Å². The van der Waals surface area contributed by atoms with Crippen LogP contribution in [0.5, 0.6) is 11.5 Å². The number of ether oxygens (including phenoxy) is 3. The summed E-state index contributed by atoms with van der Waals surface area (Å²) in [5.41, 5.74) is 0.427. The molecular weight excluding hydrogens is 284 g/mol. The lowest BCUT2D eigenvalue weighted by atomic mass is 10.1. The molecule has 5 heteroatoms. The van der Waals surface area contributed by atoms with E-state index < -0.39 is 5.97 Å². The molecule has 22 heavy (non-hydrogen) atoms. The van der Waals surface area contributed by atoms with E-state index in [1.54, 1.807) is 48.5 Å². The Hall–Kier alpha value is -2.82. The Balaban J connectivity index is 1.79. The molecule has 0 aliphatic rings. The van der Waals surface area contributed by atoms with E-state index in [0.29, 0.717) is 17.1 Å². The Bertz CT molecular complexity index is 637. The number of hydrogen-bond donors (Lipinski definition) is 0. The van der Waals surface area contributed by atoms with Crippen molar-refractivity contribution in [2.75, 3.05) is 20.3 Å². The lowest BCUT2D eigenvalue weighted by molar-refractivity contribution is -0.144. The summed E-state index contributed by atoms with van der Waals surface area (Å²) in [5.74, 6) is 0.246. The van der Waals surface area contributed by atoms with Crippen LogP contribution in [0.1, 0.15) is 10.4 Å². The number of carbonyl (C=O) groups excluding carboxylic acids is 2. The fourth-order valence-corrected chi connectivity index (χ4v) is 1.73. The Morgan fingerprint density at radius 2 is 1.64 bits per heavy atom. The third kappa shape index (κ3) is 4.63. The first kappa shape index (κ1) is 15.6. The highest BCUT2D eigenvalue weighted by molar-refractivity contribution is 5.98. The molecule has 0 bridgehead atoms. The fourth-order valence-electron chi connectivity index (χ4n) is 1.73. The number of hydrogen-bond acceptors (Lipinski definition) is 5. The van der Waals surface area contributed by atoms with Gasteiger partial charge in [-0.2, -0.15) is 0 Å². The van der Waals surface area contributed by atoms with Crippen molar-refractivity contribution in [1.29, 1.82) is 0 Å². The van der Waals surface area contributed by atoms with Crippen molar-refractivity contribution >= 4 is 11.8 Å². The van der Waals surface area contributed by atoms with Crippen LogP contribution in [0.3, 0.4) is 0 Å². The van der Waals surface area contributed by atoms with Gasteiger partial charge in [-0.05, 0) is 24.3 Å². The van der Waals surface area contributed by atoms with Crippen molar-refractivity contribution in [2.24, 2.45) is 0 Å². The highest BCUT2D eigenvalue weighted by atomic mass is 16.6. The number of Topliss-reactive ketones (excluding diaryl/α,β-unsaturated/α-hetero) is 1. The molecule has 0 N–H and O–H groups in total. The van der Waals surface area contributed by atoms with Crippen molar-refractivity contribution < 1.29 is 23.8 Å². The van der Waals surface area contributed by atoms with Crippen LogP contribution < -0.4 is 9.47 Å². The molecule has 114 valence electrons. The van der Waals surface area contributed by atoms with E-state index in [2.05, 4.69) is 0 Å². The SMILES string of the molecule is COc1cccc(C(=O)COC(=O)COc2ccccc2)c1. The Kier molecular flexibility index (Phi) is 5.54. The van der Waals surface area contributed by atoms with Gasteiger partial charge in [0.15, 0.2) is 19.0 Å². The maximum Gasteiger partial charge on any atom is 0.344 e. The van der Waals surface area contributed by atoms with Gasteiger partial charge >= 0.3 is 5.97 Å². The van der Waals surface area contributed by atoms with Crippen molar-refractivity contribution in [3.63, 3.8) is 0 Å². The molecule has 2 aromatic carbocycles. The first-order chi connectivity index (χ1) is 10.7. The highest BCUT2D eigenvalue weighted by Gasteiger charge is 2.11. The number of rotatable bonds is 7. The van der Waals surface area contributed by atoms with Crippen LogP contribution in [-0.4, -0.2) is 32.1 Å². The number of methoxy groups -OCH3 is 1. The van der Waals surface area contributed by atoms with Gasteiger partial charge in [0, 0.05) is 5.56 Å². The van der Waals surface area contributed by atoms with Crippen molar-refractivity contribution in [3.8, 4) is 11.5 Å². The molecule has 0 saturated heterocycles. The second-order valence-electron chi connectivity index (χ2n) is 4.42. The predicted molar refractivity (Wildman–Crippen MR) is 80.2 cm³/mol. The number of benzene rings is 2. The largest absolute Gasteiger partial charge is 0.497 e. The van der Waals surface area contributed by atoms with Crippen LogP contribution >= 0.6 is 0 Å². The van der Waals surface area contributed by atoms with Crippen LogP contribution in [0.4, 0.5) is 0 Å². The summed E-state index contributed by atoms with van der Waals surface area (Å²) in [4.78, 5) is 23.5. The number of carbonyl (C=O) groups is 2. The lowest BCUT2D eigenvalue weighted by Gasteiger charge is -2.07. The number of para-hydroxylation sites is 1. The van der Waals surface area contributed by atoms with E-state index in [1.807, 2.05) is 6.07 Å². The number of ketones is 1. The van der Waals surface area contributed by atoms with Gasteiger partial charge in [0.05, 0.1) is 7.11 Å². The molecule has 0 amide bonds. The molecule has 2 rings (SSSR count). The van der Waals surface area contributed by atoms with Crippen molar-refractivity contribution in [2.45, 2.75) is 0 Å². The monoisotopic (exact) mass is 300 g/mol. The van der Waals surface area contributed by atoms with E-state index in [0.717, 1.165) is 0 Å². The van der Waals surface area contributed by atoms with Crippen molar-refractivity contribution in [1.82, 2.24) is 0 Å². The quantitative estimate of drug-likeness (QED) is 0.581. The van der Waals surface area contributed by atoms with Crippen LogP contribution in [-0.2, 0) is 9.53 Å². The molecule has 0 fully saturated rings. The van der Waals surface area contributed by atoms with E-state index in [9.17, 15) is 9.59 Å². The van der Waals surface area contributed by atoms with Crippen molar-refractivity contribution in [3.05, 3.63) is 60.2 Å². The van der Waals surface area contributed by atoms with Gasteiger partial charge in [-0.3, -0.25) is 4.79 Å². The molecule has 0 aliphatic heterocycles. The molecule has 0 unspecified atom stereocenters. The molecule has 0 aromatic heterocycles. The maximum absolute atomic E-state index is 11.9. The zero-order valence-electron chi connectivity index (χ0n) is 12.2. The molecule has 2 aromatic rings. The second kappa shape index (κ2) is 7.83. The molecule has 0 atom stereocenters. The zero-order chi connectivity index (χ0) is 15.8. The van der Waals surface area contributed by atoms with Gasteiger partial charge in [0.25, 0.3) is 0 Å². The summed E-state index contributed by atoms with van der Waals surface area (Å²) < 4.78 is 15.2. The third-order valence-corrected chi connectivity index (χ3v) is 2.86. The average Bonchev–Trinajstić information content (AvgIpc) is 2.58. The first-order valence-electron chi connectivity index (χ1n) is 6.70. The fraction of sp³-hybridized carbons (Fsp3) is 0.176. The van der Waals surface area contributed by atoms with E-state index in [4.69, 9.17) is 14.2 Å². The molecular formula is C17H16O5. The Morgan fingerprint density at radius 3 is 2.36 bits per heavy atom. The summed E-state index contributed by atoms with van der Waals surface area (Å²) in [5, 5.41) is 0. The molecule has 0 spiro atoms. The van der Waals surface area contributed by atoms with Gasteiger partial charge in [-0.1, -0.05) is 30.3 Å². The van der Waals surface area contributed by atoms with Gasteiger partial charge < -0.3 is 14.2 Å². The summed E-state index contributed by atoms with van der Waals surface area (Å²) in [6.07, 6.45) is 0. The van der Waals surface area contributed by atoms with E-state index >= 15 is 0 Å². The number of esters is 1. The average molecular weight is 300 g/mol. The summed E-state index contributed by atoms with van der Waals surface area (Å²) in [6.45, 7) is -0.570. The second-order valence-corrected chi connectivity index (χ2v) is 4.42. The normalized spacial score (nSPS) is 9.86. The Labute approximate surface area is 128 Å². The minimum atomic E-state index is -0.597. The van der Waals surface area contributed by atoms with Crippen LogP contribution in [0.2, 0.25) is 0 Å². The summed E-state index contributed by atoms with van der Waals surface area (Å²) in [7, 11) is 1.52. The van der Waals surface area contributed by atoms with E-state index in [1.165, 1.54) is 7.11 Å².